The highest BCUT2D eigenvalue weighted by Crippen LogP contribution is 2.24. The largest absolute Gasteiger partial charge is 0.484 e. The van der Waals surface area contributed by atoms with E-state index < -0.39 is 0 Å². The van der Waals surface area contributed by atoms with E-state index in [0.29, 0.717) is 22.3 Å². The summed E-state index contributed by atoms with van der Waals surface area (Å²) in [6.45, 7) is 4.36. The van der Waals surface area contributed by atoms with Crippen LogP contribution >= 0.6 is 23.2 Å². The normalized spacial score (nSPS) is 19.3. The van der Waals surface area contributed by atoms with Crippen molar-refractivity contribution in [2.45, 2.75) is 13.0 Å². The lowest BCUT2D eigenvalue weighted by molar-refractivity contribution is -0.136. The highest BCUT2D eigenvalue weighted by Gasteiger charge is 2.23. The molecule has 1 heterocycles. The molecular weight excluding hydrogens is 287 g/mol. The van der Waals surface area contributed by atoms with Gasteiger partial charge in [-0.3, -0.25) is 4.79 Å². The number of hydrogen-bond donors (Lipinski definition) is 1. The lowest BCUT2D eigenvalue weighted by atomic mass is 10.2. The summed E-state index contributed by atoms with van der Waals surface area (Å²) in [4.78, 5) is 13.9. The molecule has 6 heteroatoms. The average Bonchev–Trinajstić information content (AvgIpc) is 2.35. The van der Waals surface area contributed by atoms with Crippen LogP contribution in [0.15, 0.2) is 18.2 Å². The molecule has 1 fully saturated rings. The number of hydrogen-bond acceptors (Lipinski definition) is 3. The average molecular weight is 303 g/mol. The molecule has 0 unspecified atom stereocenters. The van der Waals surface area contributed by atoms with Crippen LogP contribution in [0, 0.1) is 0 Å². The standard InChI is InChI=1S/C13H16Cl2N2O2/c1-9-7-16-2-3-17(9)13(18)8-19-12-5-10(14)4-11(15)6-12/h4-6,9,16H,2-3,7-8H2,1H3/t9-/m0/s1. The molecule has 1 atom stereocenters. The van der Waals surface area contributed by atoms with E-state index in [1.807, 2.05) is 11.8 Å². The van der Waals surface area contributed by atoms with E-state index in [1.165, 1.54) is 0 Å². The van der Waals surface area contributed by atoms with Crippen molar-refractivity contribution in [3.63, 3.8) is 0 Å². The van der Waals surface area contributed by atoms with Crippen LogP contribution in [0.5, 0.6) is 5.75 Å². The maximum absolute atomic E-state index is 12.1. The molecule has 0 spiro atoms. The quantitative estimate of drug-likeness (QED) is 0.930. The first-order valence-electron chi connectivity index (χ1n) is 6.15. The van der Waals surface area contributed by atoms with E-state index in [0.717, 1.165) is 13.1 Å². The molecule has 1 aliphatic heterocycles. The molecule has 0 radical (unpaired) electrons. The summed E-state index contributed by atoms with van der Waals surface area (Å²) in [7, 11) is 0. The number of nitrogens with zero attached hydrogens (tertiary/aromatic N) is 1. The summed E-state index contributed by atoms with van der Waals surface area (Å²) in [6.07, 6.45) is 0. The molecule has 1 N–H and O–H groups in total. The predicted octanol–water partition coefficient (Wildman–Crippen LogP) is 2.19. The molecule has 1 amide bonds. The van der Waals surface area contributed by atoms with Gasteiger partial charge in [0.05, 0.1) is 0 Å². The van der Waals surface area contributed by atoms with Gasteiger partial charge in [-0.15, -0.1) is 0 Å². The van der Waals surface area contributed by atoms with Crippen molar-refractivity contribution in [3.05, 3.63) is 28.2 Å². The van der Waals surface area contributed by atoms with Crippen molar-refractivity contribution in [2.24, 2.45) is 0 Å². The predicted molar refractivity (Wildman–Crippen MR) is 76.0 cm³/mol. The number of carbonyl (C=O) groups excluding carboxylic acids is 1. The number of carbonyl (C=O) groups is 1. The van der Waals surface area contributed by atoms with Gasteiger partial charge in [0.1, 0.15) is 5.75 Å². The van der Waals surface area contributed by atoms with Gasteiger partial charge in [0.2, 0.25) is 0 Å². The minimum Gasteiger partial charge on any atom is -0.484 e. The first kappa shape index (κ1) is 14.4. The van der Waals surface area contributed by atoms with E-state index in [4.69, 9.17) is 27.9 Å². The van der Waals surface area contributed by atoms with Gasteiger partial charge in [0.25, 0.3) is 5.91 Å². The Morgan fingerprint density at radius 1 is 1.42 bits per heavy atom. The molecule has 0 aliphatic carbocycles. The molecule has 19 heavy (non-hydrogen) atoms. The fourth-order valence-corrected chi connectivity index (χ4v) is 2.56. The number of amides is 1. The number of benzene rings is 1. The SMILES string of the molecule is C[C@H]1CNCCN1C(=O)COc1cc(Cl)cc(Cl)c1. The molecule has 1 aromatic carbocycles. The smallest absolute Gasteiger partial charge is 0.260 e. The van der Waals surface area contributed by atoms with Crippen molar-refractivity contribution in [2.75, 3.05) is 26.2 Å². The Kier molecular flexibility index (Phi) is 4.91. The van der Waals surface area contributed by atoms with Crippen molar-refractivity contribution in [1.82, 2.24) is 10.2 Å². The summed E-state index contributed by atoms with van der Waals surface area (Å²) >= 11 is 11.7. The number of nitrogens with one attached hydrogen (secondary N) is 1. The minimum absolute atomic E-state index is 0.00100. The number of halogens is 2. The van der Waals surface area contributed by atoms with E-state index in [-0.39, 0.29) is 18.6 Å². The fraction of sp³-hybridized carbons (Fsp3) is 0.462. The second kappa shape index (κ2) is 6.46. The first-order valence-corrected chi connectivity index (χ1v) is 6.91. The monoisotopic (exact) mass is 302 g/mol. The Bertz CT molecular complexity index is 448. The molecule has 4 nitrogen and oxygen atoms in total. The van der Waals surface area contributed by atoms with E-state index in [2.05, 4.69) is 5.32 Å². The zero-order chi connectivity index (χ0) is 13.8. The van der Waals surface area contributed by atoms with Gasteiger partial charge < -0.3 is 15.0 Å². The van der Waals surface area contributed by atoms with E-state index in [9.17, 15) is 4.79 Å². The molecule has 0 saturated carbocycles. The van der Waals surface area contributed by atoms with Crippen LogP contribution in [0.4, 0.5) is 0 Å². The van der Waals surface area contributed by atoms with Gasteiger partial charge in [-0.25, -0.2) is 0 Å². The Labute approximate surface area is 122 Å². The van der Waals surface area contributed by atoms with Crippen LogP contribution in [0.3, 0.4) is 0 Å². The highest BCUT2D eigenvalue weighted by molar-refractivity contribution is 6.34. The number of rotatable bonds is 3. The zero-order valence-electron chi connectivity index (χ0n) is 10.7. The molecule has 2 rings (SSSR count). The molecule has 0 aromatic heterocycles. The molecular formula is C13H16Cl2N2O2. The maximum Gasteiger partial charge on any atom is 0.260 e. The topological polar surface area (TPSA) is 41.6 Å². The van der Waals surface area contributed by atoms with Gasteiger partial charge >= 0.3 is 0 Å². The molecule has 104 valence electrons. The van der Waals surface area contributed by atoms with Crippen LogP contribution < -0.4 is 10.1 Å². The Morgan fingerprint density at radius 2 is 2.11 bits per heavy atom. The first-order chi connectivity index (χ1) is 9.06. The second-order valence-electron chi connectivity index (χ2n) is 4.53. The van der Waals surface area contributed by atoms with Crippen molar-refractivity contribution in [3.8, 4) is 5.75 Å². The third-order valence-electron chi connectivity index (χ3n) is 3.02. The molecule has 1 aromatic rings. The highest BCUT2D eigenvalue weighted by atomic mass is 35.5. The van der Waals surface area contributed by atoms with E-state index >= 15 is 0 Å². The van der Waals surface area contributed by atoms with Crippen LogP contribution in [0.25, 0.3) is 0 Å². The van der Waals surface area contributed by atoms with Gasteiger partial charge in [-0.1, -0.05) is 23.2 Å². The summed E-state index contributed by atoms with van der Waals surface area (Å²) in [5.74, 6) is 0.485. The van der Waals surface area contributed by atoms with Gasteiger partial charge in [-0.05, 0) is 25.1 Å². The third kappa shape index (κ3) is 4.00. The summed E-state index contributed by atoms with van der Waals surface area (Å²) in [6, 6.07) is 5.09. The van der Waals surface area contributed by atoms with Gasteiger partial charge in [-0.2, -0.15) is 0 Å². The van der Waals surface area contributed by atoms with Crippen molar-refractivity contribution < 1.29 is 9.53 Å². The van der Waals surface area contributed by atoms with Crippen LogP contribution in [0.2, 0.25) is 10.0 Å². The molecule has 1 aliphatic rings. The Balaban J connectivity index is 1.92. The summed E-state index contributed by atoms with van der Waals surface area (Å²) < 4.78 is 5.45. The van der Waals surface area contributed by atoms with Crippen molar-refractivity contribution in [1.29, 1.82) is 0 Å². The zero-order valence-corrected chi connectivity index (χ0v) is 12.2. The minimum atomic E-state index is -0.0231. The van der Waals surface area contributed by atoms with Crippen molar-refractivity contribution >= 4 is 29.1 Å². The van der Waals surface area contributed by atoms with Gasteiger partial charge in [0.15, 0.2) is 6.61 Å². The second-order valence-corrected chi connectivity index (χ2v) is 5.41. The van der Waals surface area contributed by atoms with E-state index in [1.54, 1.807) is 18.2 Å². The molecule has 1 saturated heterocycles. The summed E-state index contributed by atoms with van der Waals surface area (Å²) in [5.41, 5.74) is 0. The van der Waals surface area contributed by atoms with Crippen LogP contribution in [0.1, 0.15) is 6.92 Å². The number of piperazine rings is 1. The molecule has 0 bridgehead atoms. The third-order valence-corrected chi connectivity index (χ3v) is 3.46. The fourth-order valence-electron chi connectivity index (χ4n) is 2.05. The summed E-state index contributed by atoms with van der Waals surface area (Å²) in [5, 5.41) is 4.22. The van der Waals surface area contributed by atoms with Crippen LogP contribution in [-0.2, 0) is 4.79 Å². The van der Waals surface area contributed by atoms with Gasteiger partial charge in [0, 0.05) is 35.7 Å². The Morgan fingerprint density at radius 3 is 2.74 bits per heavy atom. The number of ether oxygens (including phenoxy) is 1. The maximum atomic E-state index is 12.1. The lowest BCUT2D eigenvalue weighted by Crippen LogP contribution is -2.53. The van der Waals surface area contributed by atoms with Crippen LogP contribution in [-0.4, -0.2) is 43.1 Å². The lowest BCUT2D eigenvalue weighted by Gasteiger charge is -2.33. The Hall–Kier alpha value is -0.970.